The summed E-state index contributed by atoms with van der Waals surface area (Å²) >= 11 is 6.43. The lowest BCUT2D eigenvalue weighted by Gasteiger charge is -2.32. The molecule has 1 atom stereocenters. The number of amides is 2. The van der Waals surface area contributed by atoms with Gasteiger partial charge in [-0.2, -0.15) is 0 Å². The third-order valence-electron chi connectivity index (χ3n) is 7.21. The minimum atomic E-state index is -4.16. The average Bonchev–Trinajstić information content (AvgIpc) is 3.49. The molecular formula is C31H36ClN3O5S. The zero-order chi connectivity index (χ0) is 29.4. The van der Waals surface area contributed by atoms with Gasteiger partial charge in [0.05, 0.1) is 17.2 Å². The number of benzene rings is 3. The van der Waals surface area contributed by atoms with Gasteiger partial charge in [0.1, 0.15) is 18.3 Å². The van der Waals surface area contributed by atoms with E-state index in [1.807, 2.05) is 6.92 Å². The minimum absolute atomic E-state index is 0.0160. The van der Waals surface area contributed by atoms with Crippen LogP contribution in [0.2, 0.25) is 5.02 Å². The number of carbonyl (C=O) groups excluding carboxylic acids is 2. The summed E-state index contributed by atoms with van der Waals surface area (Å²) < 4.78 is 34.4. The first-order valence-corrected chi connectivity index (χ1v) is 15.7. The minimum Gasteiger partial charge on any atom is -0.494 e. The van der Waals surface area contributed by atoms with Gasteiger partial charge in [0, 0.05) is 17.6 Å². The van der Waals surface area contributed by atoms with Gasteiger partial charge in [-0.15, -0.1) is 0 Å². The summed E-state index contributed by atoms with van der Waals surface area (Å²) in [5.41, 5.74) is 0.985. The van der Waals surface area contributed by atoms with E-state index in [0.717, 1.165) is 30.0 Å². The Kier molecular flexibility index (Phi) is 10.3. The van der Waals surface area contributed by atoms with Crippen molar-refractivity contribution in [2.75, 3.05) is 17.5 Å². The Bertz CT molecular complexity index is 1430. The van der Waals surface area contributed by atoms with Crippen LogP contribution in [0.25, 0.3) is 0 Å². The number of halogens is 1. The van der Waals surface area contributed by atoms with E-state index >= 15 is 0 Å². The van der Waals surface area contributed by atoms with Gasteiger partial charge in [-0.25, -0.2) is 8.42 Å². The van der Waals surface area contributed by atoms with E-state index < -0.39 is 28.5 Å². The Hall–Kier alpha value is -3.56. The fourth-order valence-corrected chi connectivity index (χ4v) is 6.52. The van der Waals surface area contributed by atoms with Crippen molar-refractivity contribution >= 4 is 39.1 Å². The molecule has 10 heteroatoms. The number of nitrogens with zero attached hydrogens (tertiary/aromatic N) is 2. The highest BCUT2D eigenvalue weighted by Crippen LogP contribution is 2.27. The Balaban J connectivity index is 1.66. The molecule has 0 aromatic heterocycles. The first kappa shape index (κ1) is 30.4. The summed E-state index contributed by atoms with van der Waals surface area (Å²) in [7, 11) is -4.16. The van der Waals surface area contributed by atoms with Crippen molar-refractivity contribution in [1.29, 1.82) is 0 Å². The average molecular weight is 598 g/mol. The van der Waals surface area contributed by atoms with E-state index in [0.29, 0.717) is 28.6 Å². The van der Waals surface area contributed by atoms with E-state index in [4.69, 9.17) is 16.3 Å². The quantitative estimate of drug-likeness (QED) is 0.301. The van der Waals surface area contributed by atoms with E-state index in [-0.39, 0.29) is 23.4 Å². The van der Waals surface area contributed by atoms with Crippen molar-refractivity contribution in [3.05, 3.63) is 89.4 Å². The summed E-state index contributed by atoms with van der Waals surface area (Å²) in [5, 5.41) is 3.52. The number of carbonyl (C=O) groups is 2. The number of nitrogens with one attached hydrogen (secondary N) is 1. The Morgan fingerprint density at radius 2 is 1.61 bits per heavy atom. The van der Waals surface area contributed by atoms with Crippen molar-refractivity contribution in [3.8, 4) is 5.75 Å². The number of para-hydroxylation sites is 1. The molecule has 1 saturated carbocycles. The zero-order valence-corrected chi connectivity index (χ0v) is 24.9. The number of anilines is 1. The monoisotopic (exact) mass is 597 g/mol. The summed E-state index contributed by atoms with van der Waals surface area (Å²) in [6.45, 7) is 3.49. The molecule has 2 amide bonds. The molecule has 0 radical (unpaired) electrons. The Morgan fingerprint density at radius 1 is 0.976 bits per heavy atom. The molecule has 0 spiro atoms. The van der Waals surface area contributed by atoms with E-state index in [1.54, 1.807) is 73.7 Å². The zero-order valence-electron chi connectivity index (χ0n) is 23.3. The molecule has 3 aromatic rings. The largest absolute Gasteiger partial charge is 0.494 e. The van der Waals surface area contributed by atoms with Crippen LogP contribution in [0, 0.1) is 0 Å². The topological polar surface area (TPSA) is 96.0 Å². The van der Waals surface area contributed by atoms with Gasteiger partial charge in [0.25, 0.3) is 10.0 Å². The van der Waals surface area contributed by atoms with Gasteiger partial charge < -0.3 is 15.0 Å². The van der Waals surface area contributed by atoms with Gasteiger partial charge in [0.15, 0.2) is 0 Å². The molecule has 8 nitrogen and oxygen atoms in total. The lowest BCUT2D eigenvalue weighted by atomic mass is 10.1. The van der Waals surface area contributed by atoms with Crippen molar-refractivity contribution < 1.29 is 22.7 Å². The van der Waals surface area contributed by atoms with E-state index in [1.165, 1.54) is 17.0 Å². The van der Waals surface area contributed by atoms with Gasteiger partial charge in [0.2, 0.25) is 11.8 Å². The number of rotatable bonds is 12. The van der Waals surface area contributed by atoms with Crippen LogP contribution in [0.3, 0.4) is 0 Å². The number of hydrogen-bond acceptors (Lipinski definition) is 5. The molecule has 1 fully saturated rings. The predicted molar refractivity (Wildman–Crippen MR) is 160 cm³/mol. The smallest absolute Gasteiger partial charge is 0.264 e. The summed E-state index contributed by atoms with van der Waals surface area (Å²) in [5.74, 6) is -0.267. The second-order valence-corrected chi connectivity index (χ2v) is 12.3. The highest BCUT2D eigenvalue weighted by Gasteiger charge is 2.33. The van der Waals surface area contributed by atoms with Crippen molar-refractivity contribution in [1.82, 2.24) is 10.2 Å². The molecule has 0 saturated heterocycles. The molecule has 0 bridgehead atoms. The molecule has 41 heavy (non-hydrogen) atoms. The Labute approximate surface area is 247 Å². The standard InChI is InChI=1S/C31H36ClN3O5S/c1-3-40-27-17-19-28(20-18-27)41(38,39)35(26-14-5-4-6-15-26)22-30(36)34(21-24-11-7-10-16-29(24)32)23(2)31(37)33-25-12-8-9-13-25/h4-7,10-11,14-20,23,25H,3,8-9,12-13,21-22H2,1-2H3,(H,33,37)/t23-/m0/s1. The highest BCUT2D eigenvalue weighted by molar-refractivity contribution is 7.92. The van der Waals surface area contributed by atoms with Crippen LogP contribution >= 0.6 is 11.6 Å². The molecule has 0 aliphatic heterocycles. The van der Waals surface area contributed by atoms with Gasteiger partial charge >= 0.3 is 0 Å². The van der Waals surface area contributed by atoms with E-state index in [9.17, 15) is 18.0 Å². The first-order chi connectivity index (χ1) is 19.7. The first-order valence-electron chi connectivity index (χ1n) is 13.8. The third-order valence-corrected chi connectivity index (χ3v) is 9.37. The second kappa shape index (κ2) is 13.9. The molecule has 1 N–H and O–H groups in total. The van der Waals surface area contributed by atoms with Crippen LogP contribution in [-0.4, -0.2) is 50.4 Å². The van der Waals surface area contributed by atoms with Gasteiger partial charge in [-0.05, 0) is 74.7 Å². The van der Waals surface area contributed by atoms with Crippen molar-refractivity contribution in [2.24, 2.45) is 0 Å². The summed E-state index contributed by atoms with van der Waals surface area (Å²) in [4.78, 5) is 28.7. The van der Waals surface area contributed by atoms with Crippen molar-refractivity contribution in [2.45, 2.75) is 63.1 Å². The maximum absolute atomic E-state index is 14.0. The fourth-order valence-electron chi connectivity index (χ4n) is 4.91. The van der Waals surface area contributed by atoms with Crippen LogP contribution < -0.4 is 14.4 Å². The second-order valence-electron chi connectivity index (χ2n) is 10.0. The molecule has 4 rings (SSSR count). The molecule has 3 aromatic carbocycles. The number of hydrogen-bond donors (Lipinski definition) is 1. The van der Waals surface area contributed by atoms with Crippen LogP contribution in [0.15, 0.2) is 83.8 Å². The molecule has 1 aliphatic rings. The van der Waals surface area contributed by atoms with Crippen LogP contribution in [0.4, 0.5) is 5.69 Å². The molecule has 1 aliphatic carbocycles. The lowest BCUT2D eigenvalue weighted by Crippen LogP contribution is -2.52. The Morgan fingerprint density at radius 3 is 2.24 bits per heavy atom. The highest BCUT2D eigenvalue weighted by atomic mass is 35.5. The van der Waals surface area contributed by atoms with Gasteiger partial charge in [-0.1, -0.05) is 60.8 Å². The normalized spacial score (nSPS) is 14.3. The summed E-state index contributed by atoms with van der Waals surface area (Å²) in [6.07, 6.45) is 3.91. The molecular weight excluding hydrogens is 562 g/mol. The van der Waals surface area contributed by atoms with Crippen LogP contribution in [-0.2, 0) is 26.2 Å². The lowest BCUT2D eigenvalue weighted by molar-refractivity contribution is -0.139. The number of sulfonamides is 1. The maximum Gasteiger partial charge on any atom is 0.264 e. The van der Waals surface area contributed by atoms with E-state index in [2.05, 4.69) is 5.32 Å². The predicted octanol–water partition coefficient (Wildman–Crippen LogP) is 5.41. The van der Waals surface area contributed by atoms with Gasteiger partial charge in [-0.3, -0.25) is 13.9 Å². The SMILES string of the molecule is CCOc1ccc(S(=O)(=O)N(CC(=O)N(Cc2ccccc2Cl)[C@@H](C)C(=O)NC2CCCC2)c2ccccc2)cc1. The molecule has 0 unspecified atom stereocenters. The van der Waals surface area contributed by atoms with Crippen molar-refractivity contribution in [3.63, 3.8) is 0 Å². The number of ether oxygens (including phenoxy) is 1. The third kappa shape index (κ3) is 7.59. The van der Waals surface area contributed by atoms with Crippen LogP contribution in [0.1, 0.15) is 45.1 Å². The van der Waals surface area contributed by atoms with Crippen LogP contribution in [0.5, 0.6) is 5.75 Å². The fraction of sp³-hybridized carbons (Fsp3) is 0.355. The maximum atomic E-state index is 14.0. The molecule has 218 valence electrons. The molecule has 0 heterocycles. The summed E-state index contributed by atoms with van der Waals surface area (Å²) in [6, 6.07) is 20.8.